The minimum Gasteiger partial charge on any atom is -0.474 e. The van der Waals surface area contributed by atoms with Crippen LogP contribution in [0.2, 0.25) is 0 Å². The molecule has 3 rings (SSSR count). The summed E-state index contributed by atoms with van der Waals surface area (Å²) < 4.78 is 93.5. The van der Waals surface area contributed by atoms with Crippen LogP contribution in [0.15, 0.2) is 10.5 Å². The summed E-state index contributed by atoms with van der Waals surface area (Å²) in [5.74, 6) is -2.27. The summed E-state index contributed by atoms with van der Waals surface area (Å²) in [6.45, 7) is 6.16. The van der Waals surface area contributed by atoms with Gasteiger partial charge in [-0.1, -0.05) is 13.8 Å². The summed E-state index contributed by atoms with van der Waals surface area (Å²) in [7, 11) is 0. The smallest absolute Gasteiger partial charge is 0.421 e. The van der Waals surface area contributed by atoms with Crippen molar-refractivity contribution in [3.8, 4) is 17.5 Å². The summed E-state index contributed by atoms with van der Waals surface area (Å²) in [4.78, 5) is 3.83. The highest BCUT2D eigenvalue weighted by atomic mass is 19.4. The Kier molecular flexibility index (Phi) is 6.11. The molecule has 0 fully saturated rings. The fourth-order valence-corrected chi connectivity index (χ4v) is 3.68. The molecule has 2 aromatic rings. The summed E-state index contributed by atoms with van der Waals surface area (Å²) in [5.41, 5.74) is 1.24. The number of nitrogen functional groups attached to an aromatic ring is 1. The standard InChI is InChI=1S/C20H24F6N4O2/c1-9-5-6-18(4,20(24,25)26)17-30-29-16(32-17)14-13(27)8-12(19(21,22)23)15(28-14)31-11(3)7-10(9)2/h8-11H,5-7,27H2,1-4H3/t9?,10?,11-,18?/m1/s1. The molecule has 0 radical (unpaired) electrons. The Morgan fingerprint density at radius 2 is 1.72 bits per heavy atom. The fourth-order valence-electron chi connectivity index (χ4n) is 3.68. The number of halogens is 6. The van der Waals surface area contributed by atoms with E-state index in [-0.39, 0.29) is 30.4 Å². The first kappa shape index (κ1) is 24.1. The lowest BCUT2D eigenvalue weighted by molar-refractivity contribution is -0.194. The highest BCUT2D eigenvalue weighted by molar-refractivity contribution is 5.68. The Morgan fingerprint density at radius 3 is 2.31 bits per heavy atom. The van der Waals surface area contributed by atoms with E-state index < -0.39 is 52.8 Å². The summed E-state index contributed by atoms with van der Waals surface area (Å²) in [6, 6.07) is 0.606. The number of hydrogen-bond donors (Lipinski definition) is 1. The van der Waals surface area contributed by atoms with E-state index in [1.54, 1.807) is 13.8 Å². The molecule has 0 saturated heterocycles. The average molecular weight is 466 g/mol. The lowest BCUT2D eigenvalue weighted by atomic mass is 9.78. The van der Waals surface area contributed by atoms with E-state index in [9.17, 15) is 26.3 Å². The molecule has 4 atom stereocenters. The summed E-state index contributed by atoms with van der Waals surface area (Å²) in [5, 5.41) is 7.16. The lowest BCUT2D eigenvalue weighted by Crippen LogP contribution is -2.40. The van der Waals surface area contributed by atoms with E-state index >= 15 is 0 Å². The number of nitrogens with zero attached hydrogens (tertiary/aromatic N) is 3. The van der Waals surface area contributed by atoms with Gasteiger partial charge in [-0.05, 0) is 51.0 Å². The molecule has 3 unspecified atom stereocenters. The number of pyridine rings is 1. The van der Waals surface area contributed by atoms with Crippen molar-refractivity contribution < 1.29 is 35.5 Å². The summed E-state index contributed by atoms with van der Waals surface area (Å²) >= 11 is 0. The Balaban J connectivity index is 2.21. The SMILES string of the molecule is CC1CCC(C)(C(F)(F)F)c2nnc(o2)-c2nc(c(C(F)(F)F)cc2N)O[C@H](C)CC1C. The van der Waals surface area contributed by atoms with Gasteiger partial charge in [0.15, 0.2) is 5.69 Å². The third-order valence-electron chi connectivity index (χ3n) is 6.14. The Hall–Kier alpha value is -2.53. The highest BCUT2D eigenvalue weighted by Gasteiger charge is 2.56. The van der Waals surface area contributed by atoms with Crippen molar-refractivity contribution in [3.63, 3.8) is 0 Å². The maximum atomic E-state index is 14.0. The normalized spacial score (nSPS) is 27.5. The zero-order valence-electron chi connectivity index (χ0n) is 17.9. The number of fused-ring (bicyclic) bond motifs is 5. The van der Waals surface area contributed by atoms with Crippen LogP contribution in [0.25, 0.3) is 11.6 Å². The first-order valence-corrected chi connectivity index (χ1v) is 10.1. The number of hydrogen-bond acceptors (Lipinski definition) is 6. The lowest BCUT2D eigenvalue weighted by Gasteiger charge is -2.31. The van der Waals surface area contributed by atoms with Gasteiger partial charge < -0.3 is 14.9 Å². The Morgan fingerprint density at radius 1 is 1.06 bits per heavy atom. The van der Waals surface area contributed by atoms with E-state index in [2.05, 4.69) is 15.2 Å². The molecule has 0 aromatic carbocycles. The largest absolute Gasteiger partial charge is 0.474 e. The molecule has 2 aromatic heterocycles. The van der Waals surface area contributed by atoms with Crippen molar-refractivity contribution in [2.24, 2.45) is 11.8 Å². The molecule has 0 amide bonds. The summed E-state index contributed by atoms with van der Waals surface area (Å²) in [6.07, 6.45) is -10.00. The van der Waals surface area contributed by atoms with E-state index in [0.717, 1.165) is 6.92 Å². The second-order valence-electron chi connectivity index (χ2n) is 8.68. The van der Waals surface area contributed by atoms with Crippen LogP contribution in [0.1, 0.15) is 58.4 Å². The molecule has 6 nitrogen and oxygen atoms in total. The molecule has 2 N–H and O–H groups in total. The van der Waals surface area contributed by atoms with Crippen LogP contribution in [0, 0.1) is 11.8 Å². The van der Waals surface area contributed by atoms with Gasteiger partial charge in [-0.2, -0.15) is 26.3 Å². The van der Waals surface area contributed by atoms with Crippen LogP contribution in [-0.4, -0.2) is 27.5 Å². The number of rotatable bonds is 0. The Labute approximate surface area is 180 Å². The average Bonchev–Trinajstić information content (AvgIpc) is 3.14. The number of anilines is 1. The van der Waals surface area contributed by atoms with Crippen LogP contribution >= 0.6 is 0 Å². The molecule has 0 aliphatic carbocycles. The van der Waals surface area contributed by atoms with Crippen molar-refractivity contribution in [1.29, 1.82) is 0 Å². The quantitative estimate of drug-likeness (QED) is 0.496. The minimum atomic E-state index is -4.81. The zero-order valence-corrected chi connectivity index (χ0v) is 17.9. The maximum absolute atomic E-state index is 14.0. The van der Waals surface area contributed by atoms with Gasteiger partial charge in [0.1, 0.15) is 11.0 Å². The second-order valence-corrected chi connectivity index (χ2v) is 8.68. The van der Waals surface area contributed by atoms with Crippen molar-refractivity contribution in [2.45, 2.75) is 70.8 Å². The van der Waals surface area contributed by atoms with E-state index in [0.29, 0.717) is 12.5 Å². The van der Waals surface area contributed by atoms with Crippen LogP contribution in [-0.2, 0) is 11.6 Å². The van der Waals surface area contributed by atoms with Crippen molar-refractivity contribution >= 4 is 5.69 Å². The number of alkyl halides is 6. The molecule has 3 heterocycles. The van der Waals surface area contributed by atoms with E-state index in [4.69, 9.17) is 14.9 Å². The highest BCUT2D eigenvalue weighted by Crippen LogP contribution is 2.46. The predicted molar refractivity (Wildman–Crippen MR) is 103 cm³/mol. The number of ether oxygens (including phenoxy) is 1. The molecule has 1 aliphatic heterocycles. The third-order valence-corrected chi connectivity index (χ3v) is 6.14. The monoisotopic (exact) mass is 466 g/mol. The van der Waals surface area contributed by atoms with Gasteiger partial charge in [0, 0.05) is 0 Å². The third kappa shape index (κ3) is 4.49. The van der Waals surface area contributed by atoms with Crippen LogP contribution in [0.4, 0.5) is 32.0 Å². The topological polar surface area (TPSA) is 87.1 Å². The molecule has 4 bridgehead atoms. The molecule has 1 aliphatic rings. The Bertz CT molecular complexity index is 974. The first-order valence-electron chi connectivity index (χ1n) is 10.1. The van der Waals surface area contributed by atoms with Crippen molar-refractivity contribution in [3.05, 3.63) is 17.5 Å². The van der Waals surface area contributed by atoms with Gasteiger partial charge in [0.05, 0.1) is 11.8 Å². The maximum Gasteiger partial charge on any atom is 0.421 e. The van der Waals surface area contributed by atoms with E-state index in [1.165, 1.54) is 0 Å². The molecular weight excluding hydrogens is 442 g/mol. The van der Waals surface area contributed by atoms with Gasteiger partial charge in [0.2, 0.25) is 11.8 Å². The second kappa shape index (κ2) is 8.11. The zero-order chi connectivity index (χ0) is 24.1. The van der Waals surface area contributed by atoms with E-state index in [1.807, 2.05) is 6.92 Å². The van der Waals surface area contributed by atoms with Crippen LogP contribution in [0.3, 0.4) is 0 Å². The van der Waals surface area contributed by atoms with Gasteiger partial charge in [-0.3, -0.25) is 0 Å². The predicted octanol–water partition coefficient (Wildman–Crippen LogP) is 5.78. The molecule has 32 heavy (non-hydrogen) atoms. The van der Waals surface area contributed by atoms with Crippen molar-refractivity contribution in [2.75, 3.05) is 5.73 Å². The van der Waals surface area contributed by atoms with Crippen molar-refractivity contribution in [1.82, 2.24) is 15.2 Å². The molecular formula is C20H24F6N4O2. The molecule has 12 heteroatoms. The fraction of sp³-hybridized carbons (Fsp3) is 0.650. The van der Waals surface area contributed by atoms with Gasteiger partial charge >= 0.3 is 12.4 Å². The van der Waals surface area contributed by atoms with Gasteiger partial charge in [-0.15, -0.1) is 10.2 Å². The molecule has 0 saturated carbocycles. The van der Waals surface area contributed by atoms with Gasteiger partial charge in [-0.25, -0.2) is 4.98 Å². The minimum absolute atomic E-state index is 0.133. The number of aromatic nitrogens is 3. The molecule has 178 valence electrons. The van der Waals surface area contributed by atoms with Crippen LogP contribution < -0.4 is 10.5 Å². The van der Waals surface area contributed by atoms with Gasteiger partial charge in [0.25, 0.3) is 5.89 Å². The first-order chi connectivity index (χ1) is 14.6. The number of nitrogens with two attached hydrogens (primary N) is 1. The molecule has 0 spiro atoms. The van der Waals surface area contributed by atoms with Crippen LogP contribution in [0.5, 0.6) is 5.88 Å².